The van der Waals surface area contributed by atoms with E-state index in [-0.39, 0.29) is 36.7 Å². The van der Waals surface area contributed by atoms with E-state index < -0.39 is 0 Å². The van der Waals surface area contributed by atoms with Gasteiger partial charge in [0.25, 0.3) is 0 Å². The molecule has 11 nitrogen and oxygen atoms in total. The zero-order chi connectivity index (χ0) is 85.7. The van der Waals surface area contributed by atoms with Crippen LogP contribution >= 0.6 is 0 Å². The molecular weight excluding hydrogens is 1450 g/mol. The van der Waals surface area contributed by atoms with Crippen LogP contribution in [-0.4, -0.2) is 73.0 Å². The number of hydrogen-bond acceptors (Lipinski definition) is 11. The summed E-state index contributed by atoms with van der Waals surface area (Å²) in [7, 11) is 0. The molecule has 0 amide bonds. The van der Waals surface area contributed by atoms with Crippen LogP contribution in [0.15, 0.2) is 146 Å². The normalized spacial score (nSPS) is 18.7. The molecule has 0 aliphatic heterocycles. The van der Waals surface area contributed by atoms with Crippen molar-refractivity contribution in [2.24, 2.45) is 29.1 Å². The summed E-state index contributed by atoms with van der Waals surface area (Å²) in [5.74, 6) is 10.2. The molecule has 4 aliphatic rings. The Morgan fingerprint density at radius 3 is 1.04 bits per heavy atom. The van der Waals surface area contributed by atoms with Crippen LogP contribution in [0, 0.1) is 29.1 Å². The van der Waals surface area contributed by atoms with Crippen LogP contribution in [-0.2, 0) is 23.7 Å². The Balaban J connectivity index is 0.000000257. The summed E-state index contributed by atoms with van der Waals surface area (Å²) in [6, 6.07) is 49.0. The molecule has 6 aromatic carbocycles. The standard InChI is InChI=1S/C25H40O2.C22H36O3.C21H34O2.C18H30O2.2C10H14O/c1-4-19(2)22-14-16-23(17-15-22)26-25(18-21-11-6-5-7-12-21)27-24-13-9-8-10-20(24)3;1-5-18(4)19-11-13-21(14-12-19)25-22(17(2)3)24-16-15-23-20-9-7-6-8-10-20;1-6-16(2)17-12-14-19(15-13-17)23-20(21(3,4)5)22-18-10-8-7-9-11-18;1-7-15(6)16-8-10-17(11-9-16)20-18(12-13(2)3)19-14(4)5;2*1-3-8(2)9-4-6-10(11)7-5-9/h14-17,19-21,24-25H,4-13,18H2,1-3H3;11-14,17-18,20,22H,5-10,15-16H2,1-4H3;12-16,18,20H,6-11H2,1-5H3;8-11,13-15,18H,7,12H2,1-6H3;2*4-8,11H,3H2,1-2H3. The van der Waals surface area contributed by atoms with Gasteiger partial charge in [-0.25, -0.2) is 0 Å². The van der Waals surface area contributed by atoms with E-state index in [2.05, 4.69) is 236 Å². The second kappa shape index (κ2) is 56.5. The minimum Gasteiger partial charge on any atom is -0.508 e. The van der Waals surface area contributed by atoms with Gasteiger partial charge in [-0.1, -0.05) is 295 Å². The van der Waals surface area contributed by atoms with Crippen molar-refractivity contribution in [3.8, 4) is 34.5 Å². The summed E-state index contributed by atoms with van der Waals surface area (Å²) in [6.45, 7) is 49.5. The molecule has 2 N–H and O–H groups in total. The van der Waals surface area contributed by atoms with Crippen molar-refractivity contribution in [3.63, 3.8) is 0 Å². The smallest absolute Gasteiger partial charge is 0.204 e. The lowest BCUT2D eigenvalue weighted by Crippen LogP contribution is -2.38. The fourth-order valence-corrected chi connectivity index (χ4v) is 15.2. The molecule has 0 aromatic heterocycles. The molecular formula is C106H168O11. The number of hydrogen-bond donors (Lipinski definition) is 2. The van der Waals surface area contributed by atoms with Crippen LogP contribution in [0.2, 0.25) is 0 Å². The lowest BCUT2D eigenvalue weighted by molar-refractivity contribution is -0.177. The molecule has 0 heterocycles. The third-order valence-electron chi connectivity index (χ3n) is 24.5. The monoisotopic (exact) mass is 1620 g/mol. The first-order valence-electron chi connectivity index (χ1n) is 46.9. The van der Waals surface area contributed by atoms with E-state index in [9.17, 15) is 0 Å². The lowest BCUT2D eigenvalue weighted by atomic mass is 9.86. The molecule has 117 heavy (non-hydrogen) atoms. The molecule has 6 aromatic rings. The summed E-state index contributed by atoms with van der Waals surface area (Å²) in [4.78, 5) is 0. The van der Waals surface area contributed by atoms with Crippen molar-refractivity contribution in [3.05, 3.63) is 179 Å². The highest BCUT2D eigenvalue weighted by molar-refractivity contribution is 5.33. The minimum atomic E-state index is -0.232. The first-order chi connectivity index (χ1) is 56.0. The molecule has 0 saturated heterocycles. The maximum Gasteiger partial charge on any atom is 0.204 e. The van der Waals surface area contributed by atoms with Crippen molar-refractivity contribution < 1.29 is 52.8 Å². The molecule has 0 bridgehead atoms. The van der Waals surface area contributed by atoms with Gasteiger partial charge in [0, 0.05) is 24.2 Å². The van der Waals surface area contributed by atoms with Gasteiger partial charge in [0.15, 0.2) is 12.6 Å². The Morgan fingerprint density at radius 1 is 0.359 bits per heavy atom. The molecule has 658 valence electrons. The minimum absolute atomic E-state index is 0.0349. The average Bonchev–Trinajstić information content (AvgIpc) is 0.845. The van der Waals surface area contributed by atoms with Gasteiger partial charge in [0.1, 0.15) is 34.5 Å². The molecule has 4 saturated carbocycles. The van der Waals surface area contributed by atoms with Gasteiger partial charge in [-0.3, -0.25) is 0 Å². The van der Waals surface area contributed by atoms with Crippen molar-refractivity contribution in [1.29, 1.82) is 0 Å². The van der Waals surface area contributed by atoms with Gasteiger partial charge >= 0.3 is 0 Å². The van der Waals surface area contributed by atoms with Gasteiger partial charge in [-0.2, -0.15) is 0 Å². The van der Waals surface area contributed by atoms with Crippen LogP contribution in [0.3, 0.4) is 0 Å². The predicted octanol–water partition coefficient (Wildman–Crippen LogP) is 30.9. The average molecular weight is 1620 g/mol. The van der Waals surface area contributed by atoms with Gasteiger partial charge < -0.3 is 52.8 Å². The summed E-state index contributed by atoms with van der Waals surface area (Å²) in [6.07, 6.45) is 34.1. The van der Waals surface area contributed by atoms with Crippen LogP contribution < -0.4 is 18.9 Å². The SMILES string of the molecule is CCC(C)c1ccc(O)cc1.CCC(C)c1ccc(O)cc1.CCC(C)c1ccc(OC(CC(C)C)OC(C)C)cc1.CCC(C)c1ccc(OC(CC2CCCCC2)OC2CCCCC2C)cc1.CCC(C)c1ccc(OC(OC2CCCCC2)C(C)(C)C)cc1.CCC(C)c1ccc(OC(OCCOC2CCCCC2)C(C)C)cc1. The predicted molar refractivity (Wildman–Crippen MR) is 492 cm³/mol. The van der Waals surface area contributed by atoms with Gasteiger partial charge in [-0.05, 0) is 250 Å². The number of rotatable bonds is 36. The number of benzene rings is 6. The summed E-state index contributed by atoms with van der Waals surface area (Å²) in [5, 5.41) is 18.0. The zero-order valence-electron chi connectivity index (χ0n) is 77.8. The number of phenolic OH excluding ortho intramolecular Hbond substituents is 2. The van der Waals surface area contributed by atoms with E-state index >= 15 is 0 Å². The van der Waals surface area contributed by atoms with Crippen LogP contribution in [0.25, 0.3) is 0 Å². The highest BCUT2D eigenvalue weighted by Crippen LogP contribution is 2.37. The topological polar surface area (TPSA) is 124 Å². The Bertz CT molecular complexity index is 3340. The second-order valence-electron chi connectivity index (χ2n) is 36.8. The third kappa shape index (κ3) is 40.4. The molecule has 12 atom stereocenters. The molecule has 4 fully saturated rings. The highest BCUT2D eigenvalue weighted by Gasteiger charge is 2.32. The number of phenols is 2. The maximum absolute atomic E-state index is 9.01. The molecule has 0 spiro atoms. The van der Waals surface area contributed by atoms with Gasteiger partial charge in [0.2, 0.25) is 12.6 Å². The molecule has 12 unspecified atom stereocenters. The van der Waals surface area contributed by atoms with E-state index in [1.165, 1.54) is 162 Å². The second-order valence-corrected chi connectivity index (χ2v) is 36.8. The molecule has 4 aliphatic carbocycles. The van der Waals surface area contributed by atoms with Crippen LogP contribution in [0.5, 0.6) is 34.5 Å². The largest absolute Gasteiger partial charge is 0.508 e. The van der Waals surface area contributed by atoms with E-state index in [0.29, 0.717) is 96.3 Å². The van der Waals surface area contributed by atoms with E-state index in [1.54, 1.807) is 24.3 Å². The first kappa shape index (κ1) is 101. The fraction of sp³-hybridized carbons (Fsp3) is 0.660. The molecule has 11 heteroatoms. The summed E-state index contributed by atoms with van der Waals surface area (Å²) in [5.41, 5.74) is 8.06. The maximum atomic E-state index is 9.01. The summed E-state index contributed by atoms with van der Waals surface area (Å²) < 4.78 is 55.3. The molecule has 10 rings (SSSR count). The quantitative estimate of drug-likeness (QED) is 0.0289. The Hall–Kier alpha value is -6.08. The van der Waals surface area contributed by atoms with Crippen molar-refractivity contribution in [2.45, 2.75) is 411 Å². The molecule has 0 radical (unpaired) electrons. The van der Waals surface area contributed by atoms with E-state index in [0.717, 1.165) is 73.9 Å². The number of aromatic hydroxyl groups is 2. The lowest BCUT2D eigenvalue weighted by Gasteiger charge is -2.35. The number of ether oxygens (including phenoxy) is 9. The van der Waals surface area contributed by atoms with Crippen molar-refractivity contribution >= 4 is 0 Å². The highest BCUT2D eigenvalue weighted by atomic mass is 16.7. The third-order valence-corrected chi connectivity index (χ3v) is 24.5. The Kier molecular flexibility index (Phi) is 49.0. The fourth-order valence-electron chi connectivity index (χ4n) is 15.2. The summed E-state index contributed by atoms with van der Waals surface area (Å²) >= 11 is 0. The van der Waals surface area contributed by atoms with Gasteiger partial charge in [-0.15, -0.1) is 0 Å². The zero-order valence-corrected chi connectivity index (χ0v) is 77.8. The van der Waals surface area contributed by atoms with Crippen molar-refractivity contribution in [2.75, 3.05) is 13.2 Å². The van der Waals surface area contributed by atoms with E-state index in [4.69, 9.17) is 52.8 Å². The first-order valence-corrected chi connectivity index (χ1v) is 46.9. The van der Waals surface area contributed by atoms with Crippen LogP contribution in [0.1, 0.15) is 395 Å². The Labute approximate surface area is 715 Å². The Morgan fingerprint density at radius 2 is 0.692 bits per heavy atom. The van der Waals surface area contributed by atoms with Gasteiger partial charge in [0.05, 0.1) is 37.6 Å². The van der Waals surface area contributed by atoms with Crippen molar-refractivity contribution in [1.82, 2.24) is 0 Å². The van der Waals surface area contributed by atoms with Crippen LogP contribution in [0.4, 0.5) is 0 Å². The van der Waals surface area contributed by atoms with E-state index in [1.807, 2.05) is 38.1 Å².